The number of likely N-dealkylation sites (tertiary alicyclic amines) is 1. The second-order valence-corrected chi connectivity index (χ2v) is 9.52. The van der Waals surface area contributed by atoms with Gasteiger partial charge < -0.3 is 9.88 Å². The van der Waals surface area contributed by atoms with Crippen molar-refractivity contribution < 1.29 is 13.6 Å². The SMILES string of the molecule is CC(C)N1CCC1Cn1cc(C(=O)NCC2CCC(F)(F)CC2)c2c(Cl)cccc21. The van der Waals surface area contributed by atoms with Crippen LogP contribution in [-0.4, -0.2) is 46.5 Å². The highest BCUT2D eigenvalue weighted by Crippen LogP contribution is 2.36. The molecule has 2 aromatic rings. The molecule has 1 atom stereocenters. The number of alkyl halides is 2. The van der Waals surface area contributed by atoms with E-state index in [-0.39, 0.29) is 24.7 Å². The number of fused-ring (bicyclic) bond motifs is 1. The maximum absolute atomic E-state index is 13.4. The number of carbonyl (C=O) groups is 1. The Balaban J connectivity index is 1.50. The first-order chi connectivity index (χ1) is 14.2. The summed E-state index contributed by atoms with van der Waals surface area (Å²) in [5.74, 6) is -2.63. The molecule has 1 N–H and O–H groups in total. The van der Waals surface area contributed by atoms with Crippen LogP contribution in [0.2, 0.25) is 5.02 Å². The van der Waals surface area contributed by atoms with Crippen molar-refractivity contribution >= 4 is 28.4 Å². The summed E-state index contributed by atoms with van der Waals surface area (Å²) in [6.07, 6.45) is 3.76. The number of nitrogens with zero attached hydrogens (tertiary/aromatic N) is 2. The average Bonchev–Trinajstić information content (AvgIpc) is 3.04. The average molecular weight is 438 g/mol. The van der Waals surface area contributed by atoms with Crippen molar-refractivity contribution in [2.45, 2.75) is 70.5 Å². The Labute approximate surface area is 181 Å². The summed E-state index contributed by atoms with van der Waals surface area (Å²) in [7, 11) is 0. The van der Waals surface area contributed by atoms with Gasteiger partial charge in [0, 0.05) is 56.1 Å². The van der Waals surface area contributed by atoms with E-state index in [1.54, 1.807) is 6.07 Å². The lowest BCUT2D eigenvalue weighted by Gasteiger charge is -2.44. The minimum absolute atomic E-state index is 0.0909. The highest BCUT2D eigenvalue weighted by Gasteiger charge is 2.35. The summed E-state index contributed by atoms with van der Waals surface area (Å²) in [6.45, 7) is 6.76. The predicted octanol–water partition coefficient (Wildman–Crippen LogP) is 5.33. The van der Waals surface area contributed by atoms with Crippen LogP contribution in [0.3, 0.4) is 0 Å². The Morgan fingerprint density at radius 1 is 1.27 bits per heavy atom. The highest BCUT2D eigenvalue weighted by molar-refractivity contribution is 6.36. The van der Waals surface area contributed by atoms with Gasteiger partial charge in [-0.1, -0.05) is 17.7 Å². The molecule has 1 amide bonds. The molecule has 1 aromatic carbocycles. The molecule has 0 radical (unpaired) electrons. The maximum atomic E-state index is 13.4. The lowest BCUT2D eigenvalue weighted by molar-refractivity contribution is -0.0452. The number of hydrogen-bond donors (Lipinski definition) is 1. The van der Waals surface area contributed by atoms with Gasteiger partial charge in [0.15, 0.2) is 0 Å². The van der Waals surface area contributed by atoms with Gasteiger partial charge >= 0.3 is 0 Å². The van der Waals surface area contributed by atoms with Gasteiger partial charge in [0.05, 0.1) is 16.1 Å². The molecule has 1 saturated carbocycles. The molecular formula is C23H30ClF2N3O. The van der Waals surface area contributed by atoms with Crippen LogP contribution in [0.4, 0.5) is 8.78 Å². The van der Waals surface area contributed by atoms with Crippen molar-refractivity contribution in [2.75, 3.05) is 13.1 Å². The van der Waals surface area contributed by atoms with E-state index in [0.29, 0.717) is 42.1 Å². The van der Waals surface area contributed by atoms with Gasteiger partial charge in [-0.05, 0) is 51.2 Å². The van der Waals surface area contributed by atoms with Crippen LogP contribution in [0.1, 0.15) is 56.3 Å². The van der Waals surface area contributed by atoms with Crippen molar-refractivity contribution in [2.24, 2.45) is 5.92 Å². The Morgan fingerprint density at radius 2 is 2.00 bits per heavy atom. The quantitative estimate of drug-likeness (QED) is 0.662. The molecule has 1 aliphatic carbocycles. The number of hydrogen-bond acceptors (Lipinski definition) is 2. The third-order valence-electron chi connectivity index (χ3n) is 6.75. The van der Waals surface area contributed by atoms with E-state index in [4.69, 9.17) is 11.6 Å². The number of rotatable bonds is 6. The lowest BCUT2D eigenvalue weighted by atomic mass is 9.87. The van der Waals surface area contributed by atoms with Gasteiger partial charge in [-0.2, -0.15) is 0 Å². The summed E-state index contributed by atoms with van der Waals surface area (Å²) in [5.41, 5.74) is 1.52. The van der Waals surface area contributed by atoms with E-state index >= 15 is 0 Å². The molecule has 2 fully saturated rings. The molecule has 4 rings (SSSR count). The lowest BCUT2D eigenvalue weighted by Crippen LogP contribution is -2.53. The fourth-order valence-electron chi connectivity index (χ4n) is 4.83. The van der Waals surface area contributed by atoms with Gasteiger partial charge in [0.25, 0.3) is 5.91 Å². The Kier molecular flexibility index (Phi) is 6.08. The molecule has 4 nitrogen and oxygen atoms in total. The molecular weight excluding hydrogens is 408 g/mol. The third kappa shape index (κ3) is 4.35. The van der Waals surface area contributed by atoms with E-state index in [1.807, 2.05) is 18.3 Å². The third-order valence-corrected chi connectivity index (χ3v) is 7.06. The number of carbonyl (C=O) groups excluding carboxylic acids is 1. The fraction of sp³-hybridized carbons (Fsp3) is 0.609. The van der Waals surface area contributed by atoms with Gasteiger partial charge in [0.2, 0.25) is 5.92 Å². The van der Waals surface area contributed by atoms with Gasteiger partial charge in [-0.15, -0.1) is 0 Å². The number of nitrogens with one attached hydrogen (secondary N) is 1. The summed E-state index contributed by atoms with van der Waals surface area (Å²) in [4.78, 5) is 15.5. The number of benzene rings is 1. The Hall–Kier alpha value is -1.66. The zero-order chi connectivity index (χ0) is 21.5. The van der Waals surface area contributed by atoms with Crippen molar-refractivity contribution in [3.63, 3.8) is 0 Å². The molecule has 2 aliphatic rings. The molecule has 1 aromatic heterocycles. The van der Waals surface area contributed by atoms with Crippen LogP contribution in [-0.2, 0) is 6.54 Å². The molecule has 1 unspecified atom stereocenters. The van der Waals surface area contributed by atoms with Gasteiger partial charge in [-0.3, -0.25) is 9.69 Å². The van der Waals surface area contributed by atoms with Crippen LogP contribution in [0.25, 0.3) is 10.9 Å². The predicted molar refractivity (Wildman–Crippen MR) is 116 cm³/mol. The Morgan fingerprint density at radius 3 is 2.63 bits per heavy atom. The first-order valence-corrected chi connectivity index (χ1v) is 11.3. The molecule has 7 heteroatoms. The second kappa shape index (κ2) is 8.46. The largest absolute Gasteiger partial charge is 0.352 e. The summed E-state index contributed by atoms with van der Waals surface area (Å²) >= 11 is 6.48. The van der Waals surface area contributed by atoms with Crippen molar-refractivity contribution in [1.82, 2.24) is 14.8 Å². The zero-order valence-corrected chi connectivity index (χ0v) is 18.4. The summed E-state index contributed by atoms with van der Waals surface area (Å²) in [6, 6.07) is 6.67. The van der Waals surface area contributed by atoms with E-state index in [2.05, 4.69) is 28.6 Å². The first kappa shape index (κ1) is 21.6. The zero-order valence-electron chi connectivity index (χ0n) is 17.6. The van der Waals surface area contributed by atoms with Crippen LogP contribution in [0, 0.1) is 5.92 Å². The van der Waals surface area contributed by atoms with E-state index in [9.17, 15) is 13.6 Å². The molecule has 2 heterocycles. The normalized spacial score (nSPS) is 22.4. The van der Waals surface area contributed by atoms with Crippen molar-refractivity contribution in [3.8, 4) is 0 Å². The standard InChI is InChI=1S/C23H30ClF2N3O/c1-15(2)29-11-8-17(29)13-28-14-18(21-19(24)4-3-5-20(21)28)22(30)27-12-16-6-9-23(25,26)10-7-16/h3-5,14-17H,6-13H2,1-2H3,(H,27,30). The Bertz CT molecular complexity index is 917. The molecule has 30 heavy (non-hydrogen) atoms. The van der Waals surface area contributed by atoms with E-state index in [0.717, 1.165) is 30.4 Å². The van der Waals surface area contributed by atoms with Crippen LogP contribution in [0.15, 0.2) is 24.4 Å². The monoisotopic (exact) mass is 437 g/mol. The van der Waals surface area contributed by atoms with Crippen LogP contribution in [0.5, 0.6) is 0 Å². The van der Waals surface area contributed by atoms with E-state index < -0.39 is 5.92 Å². The molecule has 1 saturated heterocycles. The van der Waals surface area contributed by atoms with Crippen molar-refractivity contribution in [1.29, 1.82) is 0 Å². The van der Waals surface area contributed by atoms with Crippen molar-refractivity contribution in [3.05, 3.63) is 35.0 Å². The van der Waals surface area contributed by atoms with Gasteiger partial charge in [-0.25, -0.2) is 8.78 Å². The molecule has 0 bridgehead atoms. The topological polar surface area (TPSA) is 37.3 Å². The number of halogens is 3. The summed E-state index contributed by atoms with van der Waals surface area (Å²) < 4.78 is 28.9. The molecule has 164 valence electrons. The molecule has 1 aliphatic heterocycles. The van der Waals surface area contributed by atoms with Gasteiger partial charge in [0.1, 0.15) is 0 Å². The highest BCUT2D eigenvalue weighted by atomic mass is 35.5. The minimum atomic E-state index is -2.55. The smallest absolute Gasteiger partial charge is 0.253 e. The van der Waals surface area contributed by atoms with Crippen LogP contribution >= 0.6 is 11.6 Å². The first-order valence-electron chi connectivity index (χ1n) is 10.9. The fourth-order valence-corrected chi connectivity index (χ4v) is 5.10. The maximum Gasteiger partial charge on any atom is 0.253 e. The number of amides is 1. The van der Waals surface area contributed by atoms with Crippen LogP contribution < -0.4 is 5.32 Å². The number of aromatic nitrogens is 1. The summed E-state index contributed by atoms with van der Waals surface area (Å²) in [5, 5.41) is 4.30. The molecule has 0 spiro atoms. The second-order valence-electron chi connectivity index (χ2n) is 9.11. The minimum Gasteiger partial charge on any atom is -0.352 e. The van der Waals surface area contributed by atoms with E-state index in [1.165, 1.54) is 0 Å².